The standard InChI is InChI=1S/C16H17F4N3O/c1-24-12-7-14(15-21-4-5-22-15)23(9-12)8-10-2-3-11(17)6-13(10)16(18,19)20/h2-6,12,14H,7-9H2,1H3,(H,21,22)/t12-,14?/m1/s1. The van der Waals surface area contributed by atoms with Crippen LogP contribution >= 0.6 is 0 Å². The molecule has 0 aliphatic carbocycles. The van der Waals surface area contributed by atoms with Crippen molar-refractivity contribution in [2.24, 2.45) is 0 Å². The van der Waals surface area contributed by atoms with Gasteiger partial charge in [-0.05, 0) is 24.1 Å². The van der Waals surface area contributed by atoms with E-state index >= 15 is 0 Å². The van der Waals surface area contributed by atoms with Gasteiger partial charge >= 0.3 is 6.18 Å². The van der Waals surface area contributed by atoms with Crippen LogP contribution in [-0.2, 0) is 17.5 Å². The second-order valence-corrected chi connectivity index (χ2v) is 5.81. The normalized spacial score (nSPS) is 22.2. The van der Waals surface area contributed by atoms with Crippen molar-refractivity contribution in [3.05, 3.63) is 53.4 Å². The number of imidazole rings is 1. The molecule has 0 radical (unpaired) electrons. The number of hydrogen-bond donors (Lipinski definition) is 1. The summed E-state index contributed by atoms with van der Waals surface area (Å²) in [5, 5.41) is 0. The molecule has 1 aliphatic rings. The predicted octanol–water partition coefficient (Wildman–Crippen LogP) is 3.53. The first-order valence-corrected chi connectivity index (χ1v) is 7.50. The number of hydrogen-bond acceptors (Lipinski definition) is 3. The molecule has 2 aromatic rings. The van der Waals surface area contributed by atoms with Gasteiger partial charge in [-0.2, -0.15) is 13.2 Å². The summed E-state index contributed by atoms with van der Waals surface area (Å²) in [7, 11) is 1.58. The summed E-state index contributed by atoms with van der Waals surface area (Å²) in [6, 6.07) is 2.62. The molecule has 130 valence electrons. The van der Waals surface area contributed by atoms with Crippen LogP contribution in [0.3, 0.4) is 0 Å². The number of rotatable bonds is 4. The summed E-state index contributed by atoms with van der Waals surface area (Å²) >= 11 is 0. The molecule has 0 amide bonds. The Morgan fingerprint density at radius 2 is 2.17 bits per heavy atom. The quantitative estimate of drug-likeness (QED) is 0.864. The molecule has 1 N–H and O–H groups in total. The van der Waals surface area contributed by atoms with E-state index in [1.165, 1.54) is 6.07 Å². The van der Waals surface area contributed by atoms with E-state index in [4.69, 9.17) is 4.74 Å². The fourth-order valence-corrected chi connectivity index (χ4v) is 3.12. The molecule has 1 aliphatic heterocycles. The smallest absolute Gasteiger partial charge is 0.380 e. The Labute approximate surface area is 136 Å². The summed E-state index contributed by atoms with van der Waals surface area (Å²) < 4.78 is 58.2. The highest BCUT2D eigenvalue weighted by Crippen LogP contribution is 2.37. The molecular weight excluding hydrogens is 326 g/mol. The summed E-state index contributed by atoms with van der Waals surface area (Å²) in [4.78, 5) is 9.08. The van der Waals surface area contributed by atoms with Crippen LogP contribution in [0, 0.1) is 5.82 Å². The van der Waals surface area contributed by atoms with Crippen molar-refractivity contribution in [2.75, 3.05) is 13.7 Å². The van der Waals surface area contributed by atoms with Gasteiger partial charge in [-0.25, -0.2) is 9.37 Å². The minimum atomic E-state index is -4.60. The predicted molar refractivity (Wildman–Crippen MR) is 78.6 cm³/mol. The Morgan fingerprint density at radius 3 is 2.79 bits per heavy atom. The monoisotopic (exact) mass is 343 g/mol. The highest BCUT2D eigenvalue weighted by atomic mass is 19.4. The number of ether oxygens (including phenoxy) is 1. The number of alkyl halides is 3. The molecule has 24 heavy (non-hydrogen) atoms. The third-order valence-electron chi connectivity index (χ3n) is 4.28. The van der Waals surface area contributed by atoms with Gasteiger partial charge in [-0.15, -0.1) is 0 Å². The van der Waals surface area contributed by atoms with Crippen LogP contribution in [0.25, 0.3) is 0 Å². The Morgan fingerprint density at radius 1 is 1.38 bits per heavy atom. The molecule has 2 atom stereocenters. The molecule has 1 unspecified atom stereocenters. The average molecular weight is 343 g/mol. The maximum Gasteiger partial charge on any atom is 0.416 e. The van der Waals surface area contributed by atoms with E-state index in [0.29, 0.717) is 24.9 Å². The summed E-state index contributed by atoms with van der Waals surface area (Å²) in [5.74, 6) is -0.213. The Balaban J connectivity index is 1.89. The number of aromatic nitrogens is 2. The number of methoxy groups -OCH3 is 1. The lowest BCUT2D eigenvalue weighted by atomic mass is 10.1. The first-order chi connectivity index (χ1) is 11.4. The summed E-state index contributed by atoms with van der Waals surface area (Å²) in [6.07, 6.45) is -0.779. The van der Waals surface area contributed by atoms with Crippen molar-refractivity contribution >= 4 is 0 Å². The van der Waals surface area contributed by atoms with Gasteiger partial charge < -0.3 is 9.72 Å². The molecule has 1 aromatic carbocycles. The van der Waals surface area contributed by atoms with Crippen LogP contribution in [0.2, 0.25) is 0 Å². The fourth-order valence-electron chi connectivity index (χ4n) is 3.12. The molecule has 2 heterocycles. The third-order valence-corrected chi connectivity index (χ3v) is 4.28. The SMILES string of the molecule is CO[C@@H]1CC(c2ncc[nH]2)N(Cc2ccc(F)cc2C(F)(F)F)C1. The van der Waals surface area contributed by atoms with Gasteiger partial charge in [0.05, 0.1) is 17.7 Å². The fraction of sp³-hybridized carbons (Fsp3) is 0.438. The van der Waals surface area contributed by atoms with Crippen LogP contribution in [-0.4, -0.2) is 34.6 Å². The van der Waals surface area contributed by atoms with E-state index in [0.717, 1.165) is 6.07 Å². The van der Waals surface area contributed by atoms with Gasteiger partial charge in [0.25, 0.3) is 0 Å². The van der Waals surface area contributed by atoms with E-state index in [9.17, 15) is 17.6 Å². The Kier molecular flexibility index (Phi) is 4.60. The molecule has 0 spiro atoms. The van der Waals surface area contributed by atoms with Gasteiger partial charge in [0, 0.05) is 32.6 Å². The van der Waals surface area contributed by atoms with E-state index in [2.05, 4.69) is 9.97 Å². The number of benzene rings is 1. The zero-order chi connectivity index (χ0) is 17.3. The van der Waals surface area contributed by atoms with Crippen LogP contribution in [0.15, 0.2) is 30.6 Å². The summed E-state index contributed by atoms with van der Waals surface area (Å²) in [5.41, 5.74) is -0.904. The third kappa shape index (κ3) is 3.44. The number of aromatic amines is 1. The number of H-pyrrole nitrogens is 1. The molecule has 1 aromatic heterocycles. The molecule has 8 heteroatoms. The number of halogens is 4. The Hall–Kier alpha value is -1.93. The van der Waals surface area contributed by atoms with E-state index < -0.39 is 17.6 Å². The van der Waals surface area contributed by atoms with Gasteiger partial charge in [0.1, 0.15) is 11.6 Å². The number of likely N-dealkylation sites (tertiary alicyclic amines) is 1. The maximum absolute atomic E-state index is 13.3. The highest BCUT2D eigenvalue weighted by molar-refractivity contribution is 5.30. The van der Waals surface area contributed by atoms with Crippen LogP contribution in [0.1, 0.15) is 29.4 Å². The second kappa shape index (κ2) is 6.52. The Bertz CT molecular complexity index is 687. The maximum atomic E-state index is 13.3. The van der Waals surface area contributed by atoms with Crippen molar-refractivity contribution in [3.63, 3.8) is 0 Å². The number of nitrogens with zero attached hydrogens (tertiary/aromatic N) is 2. The largest absolute Gasteiger partial charge is 0.416 e. The van der Waals surface area contributed by atoms with Crippen molar-refractivity contribution < 1.29 is 22.3 Å². The molecule has 4 nitrogen and oxygen atoms in total. The minimum absolute atomic E-state index is 0.0391. The lowest BCUT2D eigenvalue weighted by Crippen LogP contribution is -2.26. The molecular formula is C16H17F4N3O. The highest BCUT2D eigenvalue weighted by Gasteiger charge is 2.38. The van der Waals surface area contributed by atoms with Crippen molar-refractivity contribution in [3.8, 4) is 0 Å². The van der Waals surface area contributed by atoms with Crippen LogP contribution in [0.5, 0.6) is 0 Å². The topological polar surface area (TPSA) is 41.1 Å². The summed E-state index contributed by atoms with van der Waals surface area (Å²) in [6.45, 7) is 0.525. The lowest BCUT2D eigenvalue weighted by molar-refractivity contribution is -0.138. The van der Waals surface area contributed by atoms with E-state index in [-0.39, 0.29) is 24.3 Å². The lowest BCUT2D eigenvalue weighted by Gasteiger charge is -2.24. The van der Waals surface area contributed by atoms with E-state index in [1.54, 1.807) is 19.5 Å². The molecule has 0 bridgehead atoms. The van der Waals surface area contributed by atoms with Crippen LogP contribution in [0.4, 0.5) is 17.6 Å². The first kappa shape index (κ1) is 16.9. The second-order valence-electron chi connectivity index (χ2n) is 5.81. The van der Waals surface area contributed by atoms with Gasteiger partial charge in [-0.1, -0.05) is 6.07 Å². The number of nitrogens with one attached hydrogen (secondary N) is 1. The van der Waals surface area contributed by atoms with Crippen molar-refractivity contribution in [1.82, 2.24) is 14.9 Å². The van der Waals surface area contributed by atoms with Gasteiger partial charge in [0.2, 0.25) is 0 Å². The zero-order valence-electron chi connectivity index (χ0n) is 13.0. The average Bonchev–Trinajstić information content (AvgIpc) is 3.17. The molecule has 1 saturated heterocycles. The molecule has 3 rings (SSSR count). The van der Waals surface area contributed by atoms with Gasteiger partial charge in [-0.3, -0.25) is 4.90 Å². The molecule has 1 fully saturated rings. The minimum Gasteiger partial charge on any atom is -0.380 e. The first-order valence-electron chi connectivity index (χ1n) is 7.50. The van der Waals surface area contributed by atoms with Gasteiger partial charge in [0.15, 0.2) is 0 Å². The van der Waals surface area contributed by atoms with Crippen molar-refractivity contribution in [1.29, 1.82) is 0 Å². The van der Waals surface area contributed by atoms with E-state index in [1.807, 2.05) is 4.90 Å². The van der Waals surface area contributed by atoms with Crippen molar-refractivity contribution in [2.45, 2.75) is 31.3 Å². The zero-order valence-corrected chi connectivity index (χ0v) is 13.0. The molecule has 0 saturated carbocycles. The van der Waals surface area contributed by atoms with Crippen LogP contribution < -0.4 is 0 Å².